The minimum absolute atomic E-state index is 0.131. The average molecular weight is 490 g/mol. The van der Waals surface area contributed by atoms with Crippen molar-refractivity contribution >= 4 is 22.5 Å². The van der Waals surface area contributed by atoms with Gasteiger partial charge in [0.1, 0.15) is 29.6 Å². The molecule has 1 aliphatic heterocycles. The standard InChI is InChI=1S/C27H23N9O/c1-34-15-17(14-32-34)19-9-5-10-21-23(19)27(37)36(18-7-3-2-4-8-18)26(33-21)22-11-6-12-35(22)25-20(13-28)24(29)30-16-31-25/h2-5,7-10,14-16,22H,6,11-12H2,1H3,(H2,29,30,31). The van der Waals surface area contributed by atoms with Crippen LogP contribution in [0.5, 0.6) is 0 Å². The molecule has 2 aromatic carbocycles. The maximum atomic E-state index is 14.3. The van der Waals surface area contributed by atoms with Crippen molar-refractivity contribution in [2.75, 3.05) is 17.2 Å². The third-order valence-corrected chi connectivity index (χ3v) is 6.75. The average Bonchev–Trinajstić information content (AvgIpc) is 3.58. The molecule has 1 aliphatic rings. The van der Waals surface area contributed by atoms with Crippen molar-refractivity contribution in [3.05, 3.63) is 89.0 Å². The lowest BCUT2D eigenvalue weighted by molar-refractivity contribution is 0.632. The van der Waals surface area contributed by atoms with Gasteiger partial charge in [-0.3, -0.25) is 14.0 Å². The third kappa shape index (κ3) is 3.68. The van der Waals surface area contributed by atoms with Crippen LogP contribution in [-0.4, -0.2) is 35.8 Å². The Labute approximate surface area is 212 Å². The molecule has 0 amide bonds. The first-order valence-electron chi connectivity index (χ1n) is 11.9. The molecular weight excluding hydrogens is 466 g/mol. The van der Waals surface area contributed by atoms with Gasteiger partial charge in [-0.1, -0.05) is 30.3 Å². The van der Waals surface area contributed by atoms with Gasteiger partial charge < -0.3 is 10.6 Å². The molecule has 0 spiro atoms. The van der Waals surface area contributed by atoms with Crippen LogP contribution in [0.2, 0.25) is 0 Å². The largest absolute Gasteiger partial charge is 0.382 e. The summed E-state index contributed by atoms with van der Waals surface area (Å²) in [6.07, 6.45) is 6.58. The lowest BCUT2D eigenvalue weighted by atomic mass is 10.0. The summed E-state index contributed by atoms with van der Waals surface area (Å²) in [6.45, 7) is 0.647. The number of aryl methyl sites for hydroxylation is 1. The Morgan fingerprint density at radius 3 is 2.70 bits per heavy atom. The van der Waals surface area contributed by atoms with Crippen LogP contribution < -0.4 is 16.2 Å². The van der Waals surface area contributed by atoms with E-state index in [4.69, 9.17) is 10.7 Å². The zero-order valence-corrected chi connectivity index (χ0v) is 20.1. The Hall–Kier alpha value is -5.04. The first kappa shape index (κ1) is 22.4. The van der Waals surface area contributed by atoms with Crippen LogP contribution in [0.1, 0.15) is 30.3 Å². The molecular formula is C27H23N9O. The number of nitrogens with two attached hydrogens (primary N) is 1. The number of benzene rings is 2. The van der Waals surface area contributed by atoms with E-state index in [1.54, 1.807) is 15.4 Å². The lowest BCUT2D eigenvalue weighted by Crippen LogP contribution is -2.32. The number of nitriles is 1. The van der Waals surface area contributed by atoms with Crippen LogP contribution in [0, 0.1) is 11.3 Å². The first-order chi connectivity index (χ1) is 18.1. The third-order valence-electron chi connectivity index (χ3n) is 6.75. The second-order valence-electron chi connectivity index (χ2n) is 8.97. The number of para-hydroxylation sites is 1. The topological polar surface area (TPSA) is 132 Å². The number of hydrogen-bond acceptors (Lipinski definition) is 8. The van der Waals surface area contributed by atoms with Gasteiger partial charge in [-0.2, -0.15) is 10.4 Å². The first-order valence-corrected chi connectivity index (χ1v) is 11.9. The molecule has 5 aromatic rings. The smallest absolute Gasteiger partial charge is 0.266 e. The lowest BCUT2D eigenvalue weighted by Gasteiger charge is -2.28. The van der Waals surface area contributed by atoms with E-state index in [-0.39, 0.29) is 23.0 Å². The second-order valence-corrected chi connectivity index (χ2v) is 8.97. The molecule has 1 unspecified atom stereocenters. The fraction of sp³-hybridized carbons (Fsp3) is 0.185. The zero-order valence-electron chi connectivity index (χ0n) is 20.1. The van der Waals surface area contributed by atoms with Crippen LogP contribution in [0.4, 0.5) is 11.6 Å². The van der Waals surface area contributed by atoms with E-state index < -0.39 is 0 Å². The molecule has 3 aromatic heterocycles. The summed E-state index contributed by atoms with van der Waals surface area (Å²) in [7, 11) is 1.84. The molecule has 0 radical (unpaired) electrons. The highest BCUT2D eigenvalue weighted by molar-refractivity contribution is 5.94. The number of fused-ring (bicyclic) bond motifs is 1. The number of rotatable bonds is 4. The number of hydrogen-bond donors (Lipinski definition) is 1. The highest BCUT2D eigenvalue weighted by Crippen LogP contribution is 2.38. The molecule has 1 atom stereocenters. The van der Waals surface area contributed by atoms with Gasteiger partial charge in [0.25, 0.3) is 5.56 Å². The Balaban J connectivity index is 1.62. The summed E-state index contributed by atoms with van der Waals surface area (Å²) in [5.41, 5.74) is 8.99. The number of nitrogens with zero attached hydrogens (tertiary/aromatic N) is 8. The van der Waals surface area contributed by atoms with E-state index in [0.717, 1.165) is 24.0 Å². The molecule has 0 saturated carbocycles. The Morgan fingerprint density at radius 2 is 1.95 bits per heavy atom. The van der Waals surface area contributed by atoms with Crippen molar-refractivity contribution in [1.29, 1.82) is 5.26 Å². The van der Waals surface area contributed by atoms with Crippen molar-refractivity contribution in [1.82, 2.24) is 29.3 Å². The van der Waals surface area contributed by atoms with Crippen molar-refractivity contribution < 1.29 is 0 Å². The highest BCUT2D eigenvalue weighted by Gasteiger charge is 2.34. The monoisotopic (exact) mass is 489 g/mol. The fourth-order valence-electron chi connectivity index (χ4n) is 5.10. The molecule has 1 fully saturated rings. The van der Waals surface area contributed by atoms with Crippen LogP contribution in [0.3, 0.4) is 0 Å². The molecule has 2 N–H and O–H groups in total. The van der Waals surface area contributed by atoms with Gasteiger partial charge in [0.15, 0.2) is 5.82 Å². The van der Waals surface area contributed by atoms with E-state index in [9.17, 15) is 10.1 Å². The second kappa shape index (κ2) is 8.87. The molecule has 0 aliphatic carbocycles. The predicted octanol–water partition coefficient (Wildman–Crippen LogP) is 3.37. The molecule has 10 heteroatoms. The summed E-state index contributed by atoms with van der Waals surface area (Å²) in [5.74, 6) is 1.17. The van der Waals surface area contributed by atoms with Crippen LogP contribution in [0.25, 0.3) is 27.7 Å². The van der Waals surface area contributed by atoms with Gasteiger partial charge >= 0.3 is 0 Å². The molecule has 6 rings (SSSR count). The maximum Gasteiger partial charge on any atom is 0.266 e. The van der Waals surface area contributed by atoms with E-state index in [0.29, 0.717) is 34.8 Å². The minimum atomic E-state index is -0.291. The Kier molecular flexibility index (Phi) is 5.38. The van der Waals surface area contributed by atoms with E-state index >= 15 is 0 Å². The van der Waals surface area contributed by atoms with Gasteiger partial charge in [-0.05, 0) is 36.6 Å². The van der Waals surface area contributed by atoms with Crippen LogP contribution >= 0.6 is 0 Å². The van der Waals surface area contributed by atoms with Crippen molar-refractivity contribution in [2.24, 2.45) is 7.05 Å². The molecule has 0 bridgehead atoms. The van der Waals surface area contributed by atoms with Crippen LogP contribution in [-0.2, 0) is 7.05 Å². The molecule has 10 nitrogen and oxygen atoms in total. The SMILES string of the molecule is Cn1cc(-c2cccc3nc(C4CCCN4c4ncnc(N)c4C#N)n(-c4ccccc4)c(=O)c23)cn1. The van der Waals surface area contributed by atoms with Gasteiger partial charge in [-0.15, -0.1) is 0 Å². The molecule has 4 heterocycles. The van der Waals surface area contributed by atoms with Crippen LogP contribution in [0.15, 0.2) is 72.0 Å². The van der Waals surface area contributed by atoms with E-state index in [2.05, 4.69) is 21.1 Å². The summed E-state index contributed by atoms with van der Waals surface area (Å²) in [4.78, 5) is 29.8. The van der Waals surface area contributed by atoms with Crippen molar-refractivity contribution in [3.63, 3.8) is 0 Å². The summed E-state index contributed by atoms with van der Waals surface area (Å²) in [5, 5.41) is 14.6. The Bertz CT molecular complexity index is 1730. The number of anilines is 2. The Morgan fingerprint density at radius 1 is 1.11 bits per heavy atom. The minimum Gasteiger partial charge on any atom is -0.382 e. The van der Waals surface area contributed by atoms with Crippen molar-refractivity contribution in [3.8, 4) is 22.9 Å². The van der Waals surface area contributed by atoms with Gasteiger partial charge in [0.05, 0.1) is 28.8 Å². The maximum absolute atomic E-state index is 14.3. The van der Waals surface area contributed by atoms with Gasteiger partial charge in [-0.25, -0.2) is 15.0 Å². The summed E-state index contributed by atoms with van der Waals surface area (Å²) < 4.78 is 3.39. The number of aromatic nitrogens is 6. The quantitative estimate of drug-likeness (QED) is 0.406. The van der Waals surface area contributed by atoms with E-state index in [1.165, 1.54) is 6.33 Å². The molecule has 37 heavy (non-hydrogen) atoms. The normalized spacial score (nSPS) is 15.2. The van der Waals surface area contributed by atoms with Gasteiger partial charge in [0.2, 0.25) is 0 Å². The fourth-order valence-corrected chi connectivity index (χ4v) is 5.10. The zero-order chi connectivity index (χ0) is 25.5. The molecule has 1 saturated heterocycles. The van der Waals surface area contributed by atoms with Crippen molar-refractivity contribution in [2.45, 2.75) is 18.9 Å². The number of nitrogen functional groups attached to an aromatic ring is 1. The highest BCUT2D eigenvalue weighted by atomic mass is 16.1. The van der Waals surface area contributed by atoms with E-state index in [1.807, 2.05) is 66.7 Å². The molecule has 182 valence electrons. The summed E-state index contributed by atoms with van der Waals surface area (Å²) in [6, 6.07) is 17.0. The van der Waals surface area contributed by atoms with Gasteiger partial charge in [0, 0.05) is 25.4 Å². The summed E-state index contributed by atoms with van der Waals surface area (Å²) >= 11 is 0. The predicted molar refractivity (Wildman–Crippen MR) is 140 cm³/mol.